The smallest absolute Gasteiger partial charge is 0.352 e. The number of aliphatic carboxylic acids is 1. The van der Waals surface area contributed by atoms with Crippen LogP contribution in [-0.4, -0.2) is 39.1 Å². The second kappa shape index (κ2) is 2.81. The Morgan fingerprint density at radius 2 is 2.36 bits per heavy atom. The van der Waals surface area contributed by atoms with Crippen LogP contribution in [-0.2, 0) is 9.59 Å². The summed E-state index contributed by atoms with van der Waals surface area (Å²) in [5.41, 5.74) is 0.0527. The number of fused-ring (bicyclic) bond motifs is 1. The summed E-state index contributed by atoms with van der Waals surface area (Å²) in [6, 6.07) is -0.145. The van der Waals surface area contributed by atoms with Gasteiger partial charge in [0.15, 0.2) is 0 Å². The molecule has 1 fully saturated rings. The number of carboxylic acid groups (broad SMARTS) is 1. The predicted octanol–water partition coefficient (Wildman–Crippen LogP) is -0.434. The molecule has 1 saturated heterocycles. The number of aliphatic hydroxyl groups excluding tert-OH is 1. The van der Waals surface area contributed by atoms with E-state index < -0.39 is 18.0 Å². The Kier molecular flexibility index (Phi) is 1.85. The highest BCUT2D eigenvalue weighted by Crippen LogP contribution is 2.39. The van der Waals surface area contributed by atoms with Crippen LogP contribution in [0.2, 0.25) is 0 Å². The summed E-state index contributed by atoms with van der Waals surface area (Å²) >= 11 is 0. The molecule has 0 aromatic heterocycles. The average molecular weight is 197 g/mol. The van der Waals surface area contributed by atoms with E-state index in [1.165, 1.54) is 11.0 Å². The van der Waals surface area contributed by atoms with Crippen molar-refractivity contribution in [2.75, 3.05) is 0 Å². The molecule has 0 aromatic carbocycles. The zero-order valence-corrected chi connectivity index (χ0v) is 7.67. The van der Waals surface area contributed by atoms with E-state index in [0.717, 1.165) is 0 Å². The van der Waals surface area contributed by atoms with Crippen LogP contribution in [0.15, 0.2) is 11.8 Å². The normalized spacial score (nSPS) is 32.0. The molecule has 2 N–H and O–H groups in total. The lowest BCUT2D eigenvalue weighted by Gasteiger charge is -2.44. The Morgan fingerprint density at radius 3 is 2.86 bits per heavy atom. The summed E-state index contributed by atoms with van der Waals surface area (Å²) in [6.07, 6.45) is 1.36. The minimum absolute atomic E-state index is 0.0527. The van der Waals surface area contributed by atoms with Crippen molar-refractivity contribution < 1.29 is 19.8 Å². The molecular formula is C9H11NO4. The van der Waals surface area contributed by atoms with Crippen LogP contribution < -0.4 is 0 Å². The van der Waals surface area contributed by atoms with Crippen LogP contribution in [0, 0.1) is 5.92 Å². The standard InChI is InChI=1S/C9H11NO4/c1-4(11)7-5-2-3-6(9(13)14)10(5)8(7)12/h3-5,7,11H,2H2,1H3,(H,13,14)/t4-,5?,7?/m0/s1. The van der Waals surface area contributed by atoms with E-state index >= 15 is 0 Å². The van der Waals surface area contributed by atoms with E-state index in [1.807, 2.05) is 0 Å². The van der Waals surface area contributed by atoms with Crippen LogP contribution in [0.3, 0.4) is 0 Å². The maximum absolute atomic E-state index is 11.5. The van der Waals surface area contributed by atoms with Crippen molar-refractivity contribution in [2.45, 2.75) is 25.5 Å². The first-order chi connectivity index (χ1) is 6.54. The summed E-state index contributed by atoms with van der Waals surface area (Å²) in [7, 11) is 0. The van der Waals surface area contributed by atoms with Gasteiger partial charge in [0.25, 0.3) is 0 Å². The van der Waals surface area contributed by atoms with Crippen LogP contribution in [0.25, 0.3) is 0 Å². The number of carboxylic acids is 1. The van der Waals surface area contributed by atoms with Gasteiger partial charge in [0.05, 0.1) is 18.1 Å². The van der Waals surface area contributed by atoms with Gasteiger partial charge < -0.3 is 15.1 Å². The summed E-state index contributed by atoms with van der Waals surface area (Å²) in [6.45, 7) is 1.55. The zero-order chi connectivity index (χ0) is 10.5. The maximum Gasteiger partial charge on any atom is 0.352 e. The largest absolute Gasteiger partial charge is 0.477 e. The van der Waals surface area contributed by atoms with Crippen LogP contribution in [0.4, 0.5) is 0 Å². The molecule has 0 bridgehead atoms. The number of hydrogen-bond acceptors (Lipinski definition) is 3. The van der Waals surface area contributed by atoms with Gasteiger partial charge in [0.1, 0.15) is 5.70 Å². The molecule has 0 saturated carbocycles. The van der Waals surface area contributed by atoms with Crippen molar-refractivity contribution in [3.8, 4) is 0 Å². The first-order valence-electron chi connectivity index (χ1n) is 4.48. The van der Waals surface area contributed by atoms with Gasteiger partial charge in [-0.05, 0) is 13.3 Å². The molecule has 76 valence electrons. The number of aliphatic hydroxyl groups is 1. The highest BCUT2D eigenvalue weighted by molar-refractivity contribution is 5.98. The minimum Gasteiger partial charge on any atom is -0.477 e. The molecule has 0 radical (unpaired) electrons. The van der Waals surface area contributed by atoms with Gasteiger partial charge in [-0.1, -0.05) is 6.08 Å². The van der Waals surface area contributed by atoms with Gasteiger partial charge in [0.2, 0.25) is 5.91 Å². The second-order valence-corrected chi connectivity index (χ2v) is 3.67. The Hall–Kier alpha value is -1.36. The highest BCUT2D eigenvalue weighted by Gasteiger charge is 2.54. The molecule has 2 rings (SSSR count). The van der Waals surface area contributed by atoms with Gasteiger partial charge >= 0.3 is 5.97 Å². The Balaban J connectivity index is 2.17. The van der Waals surface area contributed by atoms with Crippen LogP contribution >= 0.6 is 0 Å². The summed E-state index contributed by atoms with van der Waals surface area (Å²) in [5, 5.41) is 18.0. The average Bonchev–Trinajstić information content (AvgIpc) is 2.42. The first kappa shape index (κ1) is 9.21. The lowest BCUT2D eigenvalue weighted by Crippen LogP contribution is -2.61. The molecule has 0 aromatic rings. The molecule has 2 unspecified atom stereocenters. The number of rotatable bonds is 2. The molecule has 0 spiro atoms. The number of amides is 1. The van der Waals surface area contributed by atoms with Crippen LogP contribution in [0.1, 0.15) is 13.3 Å². The van der Waals surface area contributed by atoms with E-state index in [4.69, 9.17) is 5.11 Å². The van der Waals surface area contributed by atoms with E-state index in [0.29, 0.717) is 6.42 Å². The van der Waals surface area contributed by atoms with Gasteiger partial charge in [-0.25, -0.2) is 4.79 Å². The van der Waals surface area contributed by atoms with E-state index in [-0.39, 0.29) is 17.6 Å². The monoisotopic (exact) mass is 197 g/mol. The molecule has 5 nitrogen and oxygen atoms in total. The lowest BCUT2D eigenvalue weighted by atomic mass is 9.83. The topological polar surface area (TPSA) is 77.8 Å². The zero-order valence-electron chi connectivity index (χ0n) is 7.67. The summed E-state index contributed by atoms with van der Waals surface area (Å²) in [5.74, 6) is -1.79. The molecule has 1 amide bonds. The lowest BCUT2D eigenvalue weighted by molar-refractivity contribution is -0.161. The Labute approximate surface area is 80.6 Å². The second-order valence-electron chi connectivity index (χ2n) is 3.67. The fraction of sp³-hybridized carbons (Fsp3) is 0.556. The highest BCUT2D eigenvalue weighted by atomic mass is 16.4. The Bertz CT molecular complexity index is 334. The van der Waals surface area contributed by atoms with Crippen molar-refractivity contribution in [3.05, 3.63) is 11.8 Å². The Morgan fingerprint density at radius 1 is 1.71 bits per heavy atom. The molecule has 14 heavy (non-hydrogen) atoms. The molecular weight excluding hydrogens is 186 g/mol. The number of hydrogen-bond donors (Lipinski definition) is 2. The number of carbonyl (C=O) groups excluding carboxylic acids is 1. The molecule has 5 heteroatoms. The predicted molar refractivity (Wildman–Crippen MR) is 46.1 cm³/mol. The number of β-lactam (4-membered cyclic amide) rings is 1. The summed E-state index contributed by atoms with van der Waals surface area (Å²) < 4.78 is 0. The molecule has 2 aliphatic rings. The van der Waals surface area contributed by atoms with E-state index in [2.05, 4.69) is 0 Å². The fourth-order valence-electron chi connectivity index (χ4n) is 2.17. The van der Waals surface area contributed by atoms with Crippen molar-refractivity contribution in [1.29, 1.82) is 0 Å². The number of carbonyl (C=O) groups is 2. The molecule has 3 atom stereocenters. The van der Waals surface area contributed by atoms with E-state index in [9.17, 15) is 14.7 Å². The van der Waals surface area contributed by atoms with Crippen molar-refractivity contribution in [1.82, 2.24) is 4.90 Å². The molecule has 2 aliphatic heterocycles. The minimum atomic E-state index is -1.08. The summed E-state index contributed by atoms with van der Waals surface area (Å²) in [4.78, 5) is 23.4. The SMILES string of the molecule is C[C@H](O)C1C(=O)N2C(C(=O)O)=CCC12. The molecule has 0 aliphatic carbocycles. The fourth-order valence-corrected chi connectivity index (χ4v) is 2.17. The third-order valence-corrected chi connectivity index (χ3v) is 2.82. The van der Waals surface area contributed by atoms with Gasteiger partial charge in [-0.15, -0.1) is 0 Å². The van der Waals surface area contributed by atoms with Crippen molar-refractivity contribution in [2.24, 2.45) is 5.92 Å². The first-order valence-corrected chi connectivity index (χ1v) is 4.48. The quantitative estimate of drug-likeness (QED) is 0.588. The third-order valence-electron chi connectivity index (χ3n) is 2.82. The van der Waals surface area contributed by atoms with Crippen molar-refractivity contribution >= 4 is 11.9 Å². The third kappa shape index (κ3) is 0.988. The van der Waals surface area contributed by atoms with E-state index in [1.54, 1.807) is 6.92 Å². The van der Waals surface area contributed by atoms with Crippen molar-refractivity contribution in [3.63, 3.8) is 0 Å². The van der Waals surface area contributed by atoms with Gasteiger partial charge in [0, 0.05) is 0 Å². The van der Waals surface area contributed by atoms with Crippen LogP contribution in [0.5, 0.6) is 0 Å². The van der Waals surface area contributed by atoms with Gasteiger partial charge in [-0.3, -0.25) is 4.79 Å². The van der Waals surface area contributed by atoms with Gasteiger partial charge in [-0.2, -0.15) is 0 Å². The molecule has 2 heterocycles. The number of nitrogens with zero attached hydrogens (tertiary/aromatic N) is 1. The maximum atomic E-state index is 11.5.